The van der Waals surface area contributed by atoms with E-state index in [1.54, 1.807) is 23.9 Å². The molecule has 2 fully saturated rings. The summed E-state index contributed by atoms with van der Waals surface area (Å²) >= 11 is 0. The Morgan fingerprint density at radius 3 is 2.65 bits per heavy atom. The van der Waals surface area contributed by atoms with E-state index in [1.165, 1.54) is 19.3 Å². The summed E-state index contributed by atoms with van der Waals surface area (Å²) in [6.45, 7) is 1.81. The Kier molecular flexibility index (Phi) is 5.40. The number of carbonyl (C=O) groups is 2. The Morgan fingerprint density at radius 1 is 1.20 bits per heavy atom. The highest BCUT2D eigenvalue weighted by molar-refractivity contribution is 5.88. The fraction of sp³-hybridized carbons (Fsp3) is 0.867. The third kappa shape index (κ3) is 3.72. The summed E-state index contributed by atoms with van der Waals surface area (Å²) in [5.74, 6) is 0.210. The van der Waals surface area contributed by atoms with E-state index in [1.807, 2.05) is 0 Å². The fourth-order valence-corrected chi connectivity index (χ4v) is 3.23. The minimum absolute atomic E-state index is 0.0617. The van der Waals surface area contributed by atoms with Crippen LogP contribution in [0.1, 0.15) is 44.9 Å². The van der Waals surface area contributed by atoms with Gasteiger partial charge < -0.3 is 15.1 Å². The van der Waals surface area contributed by atoms with E-state index < -0.39 is 0 Å². The second kappa shape index (κ2) is 7.07. The van der Waals surface area contributed by atoms with E-state index in [0.717, 1.165) is 32.4 Å². The number of hydrogen-bond donors (Lipinski definition) is 1. The van der Waals surface area contributed by atoms with Crippen molar-refractivity contribution in [3.63, 3.8) is 0 Å². The van der Waals surface area contributed by atoms with Gasteiger partial charge in [-0.05, 0) is 38.6 Å². The average molecular weight is 281 g/mol. The van der Waals surface area contributed by atoms with Gasteiger partial charge in [-0.2, -0.15) is 0 Å². The Labute approximate surface area is 121 Å². The van der Waals surface area contributed by atoms with Crippen LogP contribution in [0.3, 0.4) is 0 Å². The Balaban J connectivity index is 1.82. The van der Waals surface area contributed by atoms with Crippen molar-refractivity contribution in [1.82, 2.24) is 15.1 Å². The number of amides is 2. The van der Waals surface area contributed by atoms with Crippen LogP contribution in [-0.2, 0) is 9.59 Å². The Hall–Kier alpha value is -1.10. The van der Waals surface area contributed by atoms with E-state index >= 15 is 0 Å². The first kappa shape index (κ1) is 15.3. The van der Waals surface area contributed by atoms with Gasteiger partial charge in [0.25, 0.3) is 0 Å². The molecule has 2 saturated heterocycles. The van der Waals surface area contributed by atoms with Crippen molar-refractivity contribution < 1.29 is 9.59 Å². The van der Waals surface area contributed by atoms with Crippen LogP contribution in [0.5, 0.6) is 0 Å². The molecular weight excluding hydrogens is 254 g/mol. The van der Waals surface area contributed by atoms with E-state index in [0.29, 0.717) is 12.5 Å². The van der Waals surface area contributed by atoms with Gasteiger partial charge in [0.05, 0.1) is 0 Å². The number of likely N-dealkylation sites (N-methyl/N-ethyl adjacent to an activating group) is 1. The van der Waals surface area contributed by atoms with Crippen LogP contribution in [0.4, 0.5) is 0 Å². The molecule has 20 heavy (non-hydrogen) atoms. The molecule has 0 radical (unpaired) electrons. The zero-order chi connectivity index (χ0) is 14.5. The van der Waals surface area contributed by atoms with Crippen LogP contribution in [0, 0.1) is 0 Å². The normalized spacial score (nSPS) is 26.6. The zero-order valence-corrected chi connectivity index (χ0v) is 12.7. The maximum absolute atomic E-state index is 12.4. The highest BCUT2D eigenvalue weighted by Gasteiger charge is 2.34. The van der Waals surface area contributed by atoms with Gasteiger partial charge in [0.15, 0.2) is 0 Å². The maximum atomic E-state index is 12.4. The van der Waals surface area contributed by atoms with Crippen molar-refractivity contribution in [2.45, 2.75) is 57.0 Å². The predicted octanol–water partition coefficient (Wildman–Crippen LogP) is 0.988. The van der Waals surface area contributed by atoms with Crippen LogP contribution in [0.2, 0.25) is 0 Å². The third-order valence-electron chi connectivity index (χ3n) is 4.42. The number of rotatable bonds is 4. The first-order valence-corrected chi connectivity index (χ1v) is 7.83. The molecule has 2 heterocycles. The molecule has 2 unspecified atom stereocenters. The number of likely N-dealkylation sites (tertiary alicyclic amines) is 1. The molecule has 2 aliphatic heterocycles. The second-order valence-corrected chi connectivity index (χ2v) is 6.16. The van der Waals surface area contributed by atoms with Gasteiger partial charge in [0.1, 0.15) is 6.04 Å². The summed E-state index contributed by atoms with van der Waals surface area (Å²) in [6, 6.07) is 0.259. The van der Waals surface area contributed by atoms with Gasteiger partial charge in [0, 0.05) is 33.1 Å². The summed E-state index contributed by atoms with van der Waals surface area (Å²) in [4.78, 5) is 27.8. The molecule has 5 nitrogen and oxygen atoms in total. The highest BCUT2D eigenvalue weighted by Crippen LogP contribution is 2.21. The van der Waals surface area contributed by atoms with Crippen molar-refractivity contribution >= 4 is 11.8 Å². The average Bonchev–Trinajstić information content (AvgIpc) is 2.94. The molecule has 0 saturated carbocycles. The maximum Gasteiger partial charge on any atom is 0.244 e. The van der Waals surface area contributed by atoms with Crippen LogP contribution in [0.25, 0.3) is 0 Å². The zero-order valence-electron chi connectivity index (χ0n) is 12.7. The summed E-state index contributed by atoms with van der Waals surface area (Å²) in [6.07, 6.45) is 6.90. The molecule has 2 rings (SSSR count). The molecule has 5 heteroatoms. The van der Waals surface area contributed by atoms with E-state index in [2.05, 4.69) is 5.32 Å². The number of piperidine rings is 1. The van der Waals surface area contributed by atoms with Gasteiger partial charge in [-0.25, -0.2) is 0 Å². The molecule has 2 atom stereocenters. The van der Waals surface area contributed by atoms with Crippen LogP contribution < -0.4 is 5.32 Å². The predicted molar refractivity (Wildman–Crippen MR) is 78.3 cm³/mol. The quantitative estimate of drug-likeness (QED) is 0.836. The third-order valence-corrected chi connectivity index (χ3v) is 4.42. The molecule has 2 amide bonds. The van der Waals surface area contributed by atoms with Crippen molar-refractivity contribution in [2.24, 2.45) is 0 Å². The Morgan fingerprint density at radius 2 is 2.00 bits per heavy atom. The molecule has 0 bridgehead atoms. The summed E-state index contributed by atoms with van der Waals surface area (Å²) in [5, 5.41) is 3.47. The summed E-state index contributed by atoms with van der Waals surface area (Å²) in [5.41, 5.74) is 0. The van der Waals surface area contributed by atoms with Crippen molar-refractivity contribution in [2.75, 3.05) is 27.2 Å². The van der Waals surface area contributed by atoms with Gasteiger partial charge >= 0.3 is 0 Å². The van der Waals surface area contributed by atoms with E-state index in [9.17, 15) is 9.59 Å². The number of nitrogens with zero attached hydrogens (tertiary/aromatic N) is 2. The van der Waals surface area contributed by atoms with Gasteiger partial charge in [-0.3, -0.25) is 9.59 Å². The molecular formula is C15H27N3O2. The minimum atomic E-state index is -0.225. The molecule has 0 aromatic carbocycles. The molecule has 1 N–H and O–H groups in total. The fourth-order valence-electron chi connectivity index (χ4n) is 3.23. The lowest BCUT2D eigenvalue weighted by Gasteiger charge is -2.28. The summed E-state index contributed by atoms with van der Waals surface area (Å²) < 4.78 is 0. The van der Waals surface area contributed by atoms with Gasteiger partial charge in [-0.15, -0.1) is 0 Å². The second-order valence-electron chi connectivity index (χ2n) is 6.16. The standard InChI is InChI=1S/C15H27N3O2/c1-17(2)15(20)13-7-5-11-18(13)14(19)9-8-12-6-3-4-10-16-12/h12-13,16H,3-11H2,1-2H3. The van der Waals surface area contributed by atoms with Crippen LogP contribution in [-0.4, -0.2) is 60.9 Å². The van der Waals surface area contributed by atoms with Gasteiger partial charge in [-0.1, -0.05) is 6.42 Å². The molecule has 0 aliphatic carbocycles. The highest BCUT2D eigenvalue weighted by atomic mass is 16.2. The van der Waals surface area contributed by atoms with Crippen molar-refractivity contribution in [3.8, 4) is 0 Å². The van der Waals surface area contributed by atoms with E-state index in [4.69, 9.17) is 0 Å². The monoisotopic (exact) mass is 281 g/mol. The van der Waals surface area contributed by atoms with Crippen LogP contribution >= 0.6 is 0 Å². The van der Waals surface area contributed by atoms with Gasteiger partial charge in [0.2, 0.25) is 11.8 Å². The smallest absolute Gasteiger partial charge is 0.244 e. The molecule has 0 spiro atoms. The first-order valence-electron chi connectivity index (χ1n) is 7.83. The molecule has 0 aromatic rings. The van der Waals surface area contributed by atoms with E-state index in [-0.39, 0.29) is 17.9 Å². The largest absolute Gasteiger partial charge is 0.347 e. The topological polar surface area (TPSA) is 52.7 Å². The first-order chi connectivity index (χ1) is 9.59. The number of nitrogens with one attached hydrogen (secondary N) is 1. The SMILES string of the molecule is CN(C)C(=O)C1CCCN1C(=O)CCC1CCCCN1. The number of hydrogen-bond acceptors (Lipinski definition) is 3. The lowest BCUT2D eigenvalue weighted by Crippen LogP contribution is -2.45. The number of carbonyl (C=O) groups excluding carboxylic acids is 2. The Bertz CT molecular complexity index is 351. The van der Waals surface area contributed by atoms with Crippen molar-refractivity contribution in [1.29, 1.82) is 0 Å². The molecule has 114 valence electrons. The lowest BCUT2D eigenvalue weighted by molar-refractivity contribution is -0.142. The van der Waals surface area contributed by atoms with Crippen molar-refractivity contribution in [3.05, 3.63) is 0 Å². The molecule has 2 aliphatic rings. The van der Waals surface area contributed by atoms with Crippen LogP contribution in [0.15, 0.2) is 0 Å². The summed E-state index contributed by atoms with van der Waals surface area (Å²) in [7, 11) is 3.52. The molecule has 0 aromatic heterocycles. The minimum Gasteiger partial charge on any atom is -0.347 e. The lowest BCUT2D eigenvalue weighted by atomic mass is 10.00.